The maximum Gasteiger partial charge on any atom is 0.295 e. The summed E-state index contributed by atoms with van der Waals surface area (Å²) in [5, 5.41) is 10.1. The molecule has 0 spiro atoms. The molecule has 7 heteroatoms. The topological polar surface area (TPSA) is 91.7 Å². The van der Waals surface area contributed by atoms with E-state index in [1.54, 1.807) is 24.3 Å². The molecule has 0 saturated heterocycles. The molecule has 0 saturated carbocycles. The summed E-state index contributed by atoms with van der Waals surface area (Å²) in [6.07, 6.45) is 5.79. The smallest absolute Gasteiger partial charge is 0.295 e. The molecule has 0 amide bonds. The lowest BCUT2D eigenvalue weighted by atomic mass is 9.91. The highest BCUT2D eigenvalue weighted by molar-refractivity contribution is 7.86. The number of hydrogen-bond donors (Lipinski definition) is 2. The van der Waals surface area contributed by atoms with Crippen molar-refractivity contribution in [2.24, 2.45) is 0 Å². The molecule has 2 N–H and O–H groups in total. The zero-order chi connectivity index (χ0) is 18.9. The highest BCUT2D eigenvalue weighted by atomic mass is 35.5. The van der Waals surface area contributed by atoms with Crippen molar-refractivity contribution in [3.05, 3.63) is 88.5 Å². The van der Waals surface area contributed by atoms with Crippen molar-refractivity contribution in [2.45, 2.75) is 4.90 Å². The lowest BCUT2D eigenvalue weighted by Crippen LogP contribution is -2.05. The van der Waals surface area contributed by atoms with Gasteiger partial charge in [0, 0.05) is 5.56 Å². The zero-order valence-electron chi connectivity index (χ0n) is 13.3. The molecule has 5 nitrogen and oxygen atoms in total. The SMILES string of the molecule is O=C1C=CC(=C(c2ccc(Cl)c(O)c2)c2ccccc2S(=O)(=O)O)C=C1. The highest BCUT2D eigenvalue weighted by Gasteiger charge is 2.21. The van der Waals surface area contributed by atoms with Crippen LogP contribution in [-0.2, 0) is 14.9 Å². The third-order valence-electron chi connectivity index (χ3n) is 3.81. The molecule has 2 aromatic carbocycles. The zero-order valence-corrected chi connectivity index (χ0v) is 14.8. The molecule has 1 aliphatic carbocycles. The first kappa shape index (κ1) is 18.1. The molecule has 0 unspecified atom stereocenters. The molecule has 0 aliphatic heterocycles. The second-order valence-corrected chi connectivity index (χ2v) is 7.33. The Hall–Kier alpha value is -2.67. The molecule has 0 atom stereocenters. The number of aromatic hydroxyl groups is 1. The van der Waals surface area contributed by atoms with Gasteiger partial charge in [-0.1, -0.05) is 48.0 Å². The molecule has 0 fully saturated rings. The van der Waals surface area contributed by atoms with Crippen molar-refractivity contribution in [3.8, 4) is 5.75 Å². The second kappa shape index (κ2) is 6.92. The number of carbonyl (C=O) groups is 1. The van der Waals surface area contributed by atoms with E-state index in [9.17, 15) is 22.9 Å². The summed E-state index contributed by atoms with van der Waals surface area (Å²) >= 11 is 5.87. The van der Waals surface area contributed by atoms with E-state index in [1.807, 2.05) is 0 Å². The van der Waals surface area contributed by atoms with Crippen LogP contribution in [0.15, 0.2) is 77.2 Å². The van der Waals surface area contributed by atoms with Crippen LogP contribution in [-0.4, -0.2) is 23.9 Å². The van der Waals surface area contributed by atoms with E-state index in [2.05, 4.69) is 0 Å². The number of benzene rings is 2. The van der Waals surface area contributed by atoms with Crippen molar-refractivity contribution >= 4 is 33.1 Å². The van der Waals surface area contributed by atoms with E-state index in [4.69, 9.17) is 11.6 Å². The van der Waals surface area contributed by atoms with Gasteiger partial charge in [0.05, 0.1) is 5.02 Å². The van der Waals surface area contributed by atoms with Crippen molar-refractivity contribution in [1.29, 1.82) is 0 Å². The normalized spacial score (nSPS) is 13.9. The van der Waals surface area contributed by atoms with Gasteiger partial charge in [-0.05, 0) is 47.1 Å². The molecule has 132 valence electrons. The van der Waals surface area contributed by atoms with Gasteiger partial charge in [0.2, 0.25) is 0 Å². The van der Waals surface area contributed by atoms with Gasteiger partial charge in [-0.15, -0.1) is 0 Å². The van der Waals surface area contributed by atoms with Crippen LogP contribution in [0.4, 0.5) is 0 Å². The van der Waals surface area contributed by atoms with Gasteiger partial charge in [0.1, 0.15) is 10.6 Å². The first-order chi connectivity index (χ1) is 12.3. The second-order valence-electron chi connectivity index (χ2n) is 5.54. The van der Waals surface area contributed by atoms with E-state index in [-0.39, 0.29) is 27.0 Å². The van der Waals surface area contributed by atoms with Gasteiger partial charge >= 0.3 is 0 Å². The van der Waals surface area contributed by atoms with E-state index in [0.717, 1.165) is 0 Å². The van der Waals surface area contributed by atoms with E-state index in [0.29, 0.717) is 16.7 Å². The summed E-state index contributed by atoms with van der Waals surface area (Å²) in [6, 6.07) is 10.4. The van der Waals surface area contributed by atoms with Crippen molar-refractivity contribution in [2.75, 3.05) is 0 Å². The van der Waals surface area contributed by atoms with Crippen LogP contribution in [0.1, 0.15) is 11.1 Å². The highest BCUT2D eigenvalue weighted by Crippen LogP contribution is 2.36. The van der Waals surface area contributed by atoms with Crippen molar-refractivity contribution < 1.29 is 22.9 Å². The van der Waals surface area contributed by atoms with Gasteiger partial charge in [0.25, 0.3) is 10.1 Å². The molecule has 1 aliphatic rings. The average Bonchev–Trinajstić information content (AvgIpc) is 2.59. The van der Waals surface area contributed by atoms with Crippen LogP contribution in [0.25, 0.3) is 5.57 Å². The first-order valence-electron chi connectivity index (χ1n) is 7.47. The Kier molecular flexibility index (Phi) is 4.82. The van der Waals surface area contributed by atoms with E-state index >= 15 is 0 Å². The van der Waals surface area contributed by atoms with Crippen LogP contribution >= 0.6 is 11.6 Å². The molecular formula is C19H13ClO5S. The molecule has 0 heterocycles. The Balaban J connectivity index is 2.36. The Labute approximate surface area is 155 Å². The summed E-state index contributed by atoms with van der Waals surface area (Å²) in [5.41, 5.74) is 1.67. The number of phenols is 1. The third kappa shape index (κ3) is 3.62. The van der Waals surface area contributed by atoms with E-state index in [1.165, 1.54) is 42.5 Å². The third-order valence-corrected chi connectivity index (χ3v) is 5.04. The minimum atomic E-state index is -4.49. The number of halogens is 1. The fourth-order valence-electron chi connectivity index (χ4n) is 2.67. The van der Waals surface area contributed by atoms with Crippen LogP contribution in [0.2, 0.25) is 5.02 Å². The largest absolute Gasteiger partial charge is 0.506 e. The molecule has 3 rings (SSSR count). The predicted molar refractivity (Wildman–Crippen MR) is 98.7 cm³/mol. The lowest BCUT2D eigenvalue weighted by molar-refractivity contribution is -0.110. The van der Waals surface area contributed by atoms with Gasteiger partial charge in [-0.25, -0.2) is 0 Å². The van der Waals surface area contributed by atoms with E-state index < -0.39 is 10.1 Å². The Morgan fingerprint density at radius 1 is 0.962 bits per heavy atom. The monoisotopic (exact) mass is 388 g/mol. The Morgan fingerprint density at radius 2 is 1.62 bits per heavy atom. The Morgan fingerprint density at radius 3 is 2.23 bits per heavy atom. The summed E-state index contributed by atoms with van der Waals surface area (Å²) < 4.78 is 33.2. The number of allylic oxidation sites excluding steroid dienone is 5. The molecule has 2 aromatic rings. The van der Waals surface area contributed by atoms with Crippen molar-refractivity contribution in [3.63, 3.8) is 0 Å². The molecule has 0 radical (unpaired) electrons. The molecule has 0 aromatic heterocycles. The summed E-state index contributed by atoms with van der Waals surface area (Å²) in [5.74, 6) is -0.374. The van der Waals surface area contributed by atoms with Crippen LogP contribution < -0.4 is 0 Å². The summed E-state index contributed by atoms with van der Waals surface area (Å²) in [7, 11) is -4.49. The average molecular weight is 389 g/mol. The fraction of sp³-hybridized carbons (Fsp3) is 0. The molecule has 26 heavy (non-hydrogen) atoms. The first-order valence-corrected chi connectivity index (χ1v) is 9.29. The fourth-order valence-corrected chi connectivity index (χ4v) is 3.48. The Bertz CT molecular complexity index is 1080. The molecule has 0 bridgehead atoms. The van der Waals surface area contributed by atoms with Crippen LogP contribution in [0, 0.1) is 0 Å². The van der Waals surface area contributed by atoms with Gasteiger partial charge < -0.3 is 5.11 Å². The lowest BCUT2D eigenvalue weighted by Gasteiger charge is -2.16. The molecular weight excluding hydrogens is 376 g/mol. The van der Waals surface area contributed by atoms with Crippen molar-refractivity contribution in [1.82, 2.24) is 0 Å². The minimum absolute atomic E-state index is 0.145. The van der Waals surface area contributed by atoms with Gasteiger partial charge in [-0.2, -0.15) is 8.42 Å². The van der Waals surface area contributed by atoms with Gasteiger partial charge in [-0.3, -0.25) is 9.35 Å². The number of phenolic OH excluding ortho intramolecular Hbond substituents is 1. The maximum atomic E-state index is 11.8. The number of carbonyl (C=O) groups excluding carboxylic acids is 1. The van der Waals surface area contributed by atoms with Gasteiger partial charge in [0.15, 0.2) is 5.78 Å². The maximum absolute atomic E-state index is 11.8. The number of hydrogen-bond acceptors (Lipinski definition) is 4. The predicted octanol–water partition coefficient (Wildman–Crippen LogP) is 3.79. The minimum Gasteiger partial charge on any atom is -0.506 e. The number of rotatable bonds is 3. The summed E-state index contributed by atoms with van der Waals surface area (Å²) in [4.78, 5) is 11.2. The summed E-state index contributed by atoms with van der Waals surface area (Å²) in [6.45, 7) is 0. The number of ketones is 1. The van der Waals surface area contributed by atoms with Crippen LogP contribution in [0.5, 0.6) is 5.75 Å². The quantitative estimate of drug-likeness (QED) is 0.780. The standard InChI is InChI=1S/C19H13ClO5S/c20-16-10-7-13(11-17(16)22)19(12-5-8-14(21)9-6-12)15-3-1-2-4-18(15)26(23,24)25/h1-11,22H,(H,23,24,25). The van der Waals surface area contributed by atoms with Crippen LogP contribution in [0.3, 0.4) is 0 Å².